The molecule has 7 nitrogen and oxygen atoms in total. The molecule has 1 aromatic rings. The lowest BCUT2D eigenvalue weighted by molar-refractivity contribution is -0.451. The molecule has 0 saturated heterocycles. The molecule has 0 bridgehead atoms. The number of imide groups is 2. The summed E-state index contributed by atoms with van der Waals surface area (Å²) < 4.78 is 233. The van der Waals surface area contributed by atoms with Gasteiger partial charge in [-0.2, -0.15) is 74.6 Å². The summed E-state index contributed by atoms with van der Waals surface area (Å²) >= 11 is 2.49. The van der Waals surface area contributed by atoms with Gasteiger partial charge in [0, 0.05) is 30.4 Å². The highest BCUT2D eigenvalue weighted by atomic mass is 79.9. The molecule has 0 unspecified atom stereocenters. The fourth-order valence-electron chi connectivity index (χ4n) is 3.60. The molecule has 0 fully saturated rings. The minimum atomic E-state index is -8.79. The molecule has 1 aromatic carbocycles. The lowest BCUT2D eigenvalue weighted by Crippen LogP contribution is -2.72. The molecule has 3 rings (SSSR count). The molecule has 4 amide bonds. The number of halogens is 18. The Bertz CT molecular complexity index is 1650. The monoisotopic (exact) mass is 792 g/mol. The summed E-state index contributed by atoms with van der Waals surface area (Å²) in [6, 6.07) is -3.09. The Morgan fingerprint density at radius 3 is 1.35 bits per heavy atom. The lowest BCUT2D eigenvalue weighted by atomic mass is 9.91. The Labute approximate surface area is 260 Å². The third-order valence-electron chi connectivity index (χ3n) is 6.10. The molecular formula is C23H6BrF17N2O5. The highest BCUT2D eigenvalue weighted by Crippen LogP contribution is 2.63. The Balaban J connectivity index is 2.16. The minimum absolute atomic E-state index is 0.110. The van der Waals surface area contributed by atoms with Crippen molar-refractivity contribution >= 4 is 50.9 Å². The first-order valence-corrected chi connectivity index (χ1v) is 12.2. The molecule has 0 aromatic heterocycles. The molecule has 2 aliphatic rings. The summed E-state index contributed by atoms with van der Waals surface area (Å²) in [5, 5.41) is 0. The standard InChI is InChI=1S/C23H6BrF17N2O5/c24-14-8(43-12(46)3-4-13(43)47)5-7(42-10(44)1-2-11(42)45)6-9(14)48-16(26)15(25)17(27,28)18(29,30)19(31,32)20(33,34)21(35,36)22(37,38)23(39,40)41/h1-6H. The largest absolute Gasteiger partial charge is 0.460 e. The number of allylic oxidation sites excluding steroid dienone is 1. The fourth-order valence-corrected chi connectivity index (χ4v) is 4.08. The summed E-state index contributed by atoms with van der Waals surface area (Å²) in [5.41, 5.74) is -1.82. The van der Waals surface area contributed by atoms with Crippen LogP contribution in [0.25, 0.3) is 0 Å². The molecule has 0 radical (unpaired) electrons. The van der Waals surface area contributed by atoms with E-state index in [1.165, 1.54) is 0 Å². The molecule has 0 spiro atoms. The molecule has 0 saturated carbocycles. The third kappa shape index (κ3) is 5.38. The number of ether oxygens (including phenoxy) is 1. The first-order valence-electron chi connectivity index (χ1n) is 11.4. The van der Waals surface area contributed by atoms with E-state index >= 15 is 0 Å². The molecular weight excluding hydrogens is 787 g/mol. The predicted octanol–water partition coefficient (Wildman–Crippen LogP) is 7.17. The van der Waals surface area contributed by atoms with E-state index in [1.54, 1.807) is 0 Å². The van der Waals surface area contributed by atoms with Crippen molar-refractivity contribution in [2.24, 2.45) is 0 Å². The number of hydrogen-bond acceptors (Lipinski definition) is 5. The summed E-state index contributed by atoms with van der Waals surface area (Å²) in [7, 11) is 0. The van der Waals surface area contributed by atoms with Crippen molar-refractivity contribution < 1.29 is 98.6 Å². The van der Waals surface area contributed by atoms with Crippen molar-refractivity contribution in [2.75, 3.05) is 9.80 Å². The Kier molecular flexibility index (Phi) is 9.13. The number of hydrogen-bond donors (Lipinski definition) is 0. The maximum atomic E-state index is 14.6. The number of alkyl halides is 15. The summed E-state index contributed by atoms with van der Waals surface area (Å²) in [6.45, 7) is 0. The van der Waals surface area contributed by atoms with E-state index in [9.17, 15) is 93.8 Å². The van der Waals surface area contributed by atoms with Gasteiger partial charge in [0.2, 0.25) is 5.83 Å². The lowest BCUT2D eigenvalue weighted by Gasteiger charge is -2.41. The van der Waals surface area contributed by atoms with Crippen LogP contribution in [-0.2, 0) is 19.2 Å². The van der Waals surface area contributed by atoms with Gasteiger partial charge in [0.25, 0.3) is 23.6 Å². The van der Waals surface area contributed by atoms with Crippen molar-refractivity contribution in [3.05, 3.63) is 52.7 Å². The first kappa shape index (κ1) is 38.3. The molecule has 2 heterocycles. The van der Waals surface area contributed by atoms with Crippen LogP contribution < -0.4 is 14.5 Å². The van der Waals surface area contributed by atoms with Crippen LogP contribution in [0.5, 0.6) is 5.75 Å². The van der Waals surface area contributed by atoms with Crippen molar-refractivity contribution in [3.63, 3.8) is 0 Å². The van der Waals surface area contributed by atoms with Crippen molar-refractivity contribution in [2.45, 2.75) is 41.7 Å². The highest BCUT2D eigenvalue weighted by molar-refractivity contribution is 9.10. The third-order valence-corrected chi connectivity index (χ3v) is 6.89. The molecule has 48 heavy (non-hydrogen) atoms. The number of anilines is 2. The average molecular weight is 793 g/mol. The summed E-state index contributed by atoms with van der Waals surface area (Å²) in [4.78, 5) is 48.6. The second-order valence-corrected chi connectivity index (χ2v) is 9.89. The molecule has 25 heteroatoms. The molecule has 2 aliphatic heterocycles. The van der Waals surface area contributed by atoms with Gasteiger partial charge in [0.1, 0.15) is 5.75 Å². The van der Waals surface area contributed by atoms with Crippen LogP contribution in [0.3, 0.4) is 0 Å². The molecule has 0 N–H and O–H groups in total. The fraction of sp³-hybridized carbons (Fsp3) is 0.304. The van der Waals surface area contributed by atoms with E-state index in [-0.39, 0.29) is 15.9 Å². The van der Waals surface area contributed by atoms with Gasteiger partial charge in [-0.25, -0.2) is 9.80 Å². The Hall–Kier alpha value is -4.19. The number of carbonyl (C=O) groups is 4. The molecule has 0 atom stereocenters. The van der Waals surface area contributed by atoms with Crippen LogP contribution >= 0.6 is 15.9 Å². The van der Waals surface area contributed by atoms with E-state index in [1.807, 2.05) is 0 Å². The van der Waals surface area contributed by atoms with Gasteiger partial charge in [-0.3, -0.25) is 19.2 Å². The number of rotatable bonds is 10. The molecule has 0 aliphatic carbocycles. The van der Waals surface area contributed by atoms with E-state index in [0.29, 0.717) is 30.4 Å². The smallest absolute Gasteiger partial charge is 0.428 e. The predicted molar refractivity (Wildman–Crippen MR) is 123 cm³/mol. The number of benzene rings is 1. The normalized spacial score (nSPS) is 17.6. The van der Waals surface area contributed by atoms with Crippen LogP contribution in [0.15, 0.2) is 52.7 Å². The van der Waals surface area contributed by atoms with Crippen LogP contribution in [0, 0.1) is 0 Å². The van der Waals surface area contributed by atoms with Crippen LogP contribution in [0.1, 0.15) is 0 Å². The maximum Gasteiger partial charge on any atom is 0.460 e. The zero-order chi connectivity index (χ0) is 37.4. The van der Waals surface area contributed by atoms with Crippen molar-refractivity contribution in [1.82, 2.24) is 0 Å². The highest BCUT2D eigenvalue weighted by Gasteiger charge is 2.94. The Morgan fingerprint density at radius 2 is 0.938 bits per heavy atom. The van der Waals surface area contributed by atoms with Crippen LogP contribution in [-0.4, -0.2) is 65.3 Å². The first-order chi connectivity index (χ1) is 21.4. The van der Waals surface area contributed by atoms with Gasteiger partial charge in [0.05, 0.1) is 15.8 Å². The maximum absolute atomic E-state index is 14.6. The van der Waals surface area contributed by atoms with Crippen LogP contribution in [0.4, 0.5) is 86.0 Å². The second-order valence-electron chi connectivity index (χ2n) is 9.10. The van der Waals surface area contributed by atoms with Gasteiger partial charge in [-0.15, -0.1) is 0 Å². The zero-order valence-electron chi connectivity index (χ0n) is 21.7. The van der Waals surface area contributed by atoms with Gasteiger partial charge in [0.15, 0.2) is 0 Å². The van der Waals surface area contributed by atoms with E-state index in [2.05, 4.69) is 20.7 Å². The summed E-state index contributed by atoms with van der Waals surface area (Å²) in [6.07, 6.45) is -5.60. The quantitative estimate of drug-likeness (QED) is 0.143. The van der Waals surface area contributed by atoms with Gasteiger partial charge < -0.3 is 4.74 Å². The van der Waals surface area contributed by atoms with Gasteiger partial charge in [-0.1, -0.05) is 0 Å². The summed E-state index contributed by atoms with van der Waals surface area (Å²) in [5.74, 6) is -62.1. The average Bonchev–Trinajstić information content (AvgIpc) is 3.46. The number of amides is 4. The Morgan fingerprint density at radius 1 is 0.562 bits per heavy atom. The van der Waals surface area contributed by atoms with E-state index in [0.717, 1.165) is 0 Å². The second kappa shape index (κ2) is 11.5. The zero-order valence-corrected chi connectivity index (χ0v) is 23.3. The van der Waals surface area contributed by atoms with E-state index in [4.69, 9.17) is 0 Å². The number of carbonyl (C=O) groups excluding carboxylic acids is 4. The SMILES string of the molecule is O=C1C=CC(=O)N1c1cc(OC(F)=C(F)C(F)(F)C(F)(F)C(F)(F)C(F)(F)C(F)(F)C(F)(F)C(F)(F)F)c(Br)c(N2C(=O)C=CC2=O)c1. The van der Waals surface area contributed by atoms with Gasteiger partial charge >= 0.3 is 47.7 Å². The van der Waals surface area contributed by atoms with Gasteiger partial charge in [-0.05, 0) is 22.0 Å². The molecule has 264 valence electrons. The van der Waals surface area contributed by atoms with Crippen LogP contribution in [0.2, 0.25) is 0 Å². The van der Waals surface area contributed by atoms with Crippen molar-refractivity contribution in [1.29, 1.82) is 0 Å². The number of nitrogens with zero attached hydrogens (tertiary/aromatic N) is 2. The minimum Gasteiger partial charge on any atom is -0.428 e. The topological polar surface area (TPSA) is 84.0 Å². The van der Waals surface area contributed by atoms with Crippen molar-refractivity contribution in [3.8, 4) is 5.75 Å². The van der Waals surface area contributed by atoms with E-state index < -0.39 is 98.8 Å².